The summed E-state index contributed by atoms with van der Waals surface area (Å²) in [6.45, 7) is 6.43. The SMILES string of the molecule is CC.N/C=C\C1=NCC2(CCN(c3cnc(Oc4ccc(F)cc4)cn3)CC2)C1N. The van der Waals surface area contributed by atoms with Gasteiger partial charge in [-0.25, -0.2) is 14.4 Å². The molecule has 2 aliphatic rings. The van der Waals surface area contributed by atoms with Gasteiger partial charge in [0.25, 0.3) is 0 Å². The number of aliphatic imine (C=N–C) groups is 1. The summed E-state index contributed by atoms with van der Waals surface area (Å²) in [6.07, 6.45) is 8.46. The highest BCUT2D eigenvalue weighted by molar-refractivity contribution is 6.01. The second kappa shape index (κ2) is 9.67. The van der Waals surface area contributed by atoms with E-state index in [1.165, 1.54) is 18.3 Å². The molecule has 0 radical (unpaired) electrons. The van der Waals surface area contributed by atoms with Crippen molar-refractivity contribution in [2.24, 2.45) is 21.9 Å². The molecule has 1 unspecified atom stereocenters. The zero-order valence-corrected chi connectivity index (χ0v) is 17.5. The molecule has 0 saturated carbocycles. The topological polar surface area (TPSA) is 103 Å². The fourth-order valence-electron chi connectivity index (χ4n) is 3.81. The van der Waals surface area contributed by atoms with Crippen LogP contribution in [-0.2, 0) is 0 Å². The Kier molecular flexibility index (Phi) is 6.99. The number of benzene rings is 1. The first-order valence-corrected chi connectivity index (χ1v) is 10.3. The van der Waals surface area contributed by atoms with E-state index < -0.39 is 0 Å². The first-order valence-electron chi connectivity index (χ1n) is 10.3. The van der Waals surface area contributed by atoms with Gasteiger partial charge in [-0.3, -0.25) is 4.99 Å². The van der Waals surface area contributed by atoms with Crippen LogP contribution >= 0.6 is 0 Å². The van der Waals surface area contributed by atoms with Crippen molar-refractivity contribution in [3.8, 4) is 11.6 Å². The molecule has 7 nitrogen and oxygen atoms in total. The quantitative estimate of drug-likeness (QED) is 0.799. The summed E-state index contributed by atoms with van der Waals surface area (Å²) in [6, 6.07) is 5.71. The lowest BCUT2D eigenvalue weighted by molar-refractivity contribution is 0.227. The number of ether oxygens (including phenoxy) is 1. The molecule has 3 heterocycles. The number of hydrogen-bond donors (Lipinski definition) is 2. The summed E-state index contributed by atoms with van der Waals surface area (Å²) >= 11 is 0. The summed E-state index contributed by atoms with van der Waals surface area (Å²) in [5.41, 5.74) is 12.8. The minimum absolute atomic E-state index is 0.00437. The summed E-state index contributed by atoms with van der Waals surface area (Å²) < 4.78 is 18.6. The van der Waals surface area contributed by atoms with Crippen LogP contribution in [0.15, 0.2) is 53.9 Å². The molecule has 0 aliphatic carbocycles. The lowest BCUT2D eigenvalue weighted by atomic mass is 9.73. The number of rotatable bonds is 4. The highest BCUT2D eigenvalue weighted by Gasteiger charge is 2.44. The Morgan fingerprint density at radius 2 is 1.83 bits per heavy atom. The number of nitrogens with zero attached hydrogens (tertiary/aromatic N) is 4. The zero-order chi connectivity index (χ0) is 21.6. The van der Waals surface area contributed by atoms with Crippen LogP contribution in [-0.4, -0.2) is 41.4 Å². The van der Waals surface area contributed by atoms with Crippen molar-refractivity contribution < 1.29 is 9.13 Å². The van der Waals surface area contributed by atoms with Crippen LogP contribution in [0.1, 0.15) is 26.7 Å². The molecule has 1 aromatic carbocycles. The molecule has 2 aliphatic heterocycles. The fourth-order valence-corrected chi connectivity index (χ4v) is 3.81. The Bertz CT molecular complexity index is 874. The Morgan fingerprint density at radius 1 is 1.13 bits per heavy atom. The smallest absolute Gasteiger partial charge is 0.237 e. The van der Waals surface area contributed by atoms with Crippen LogP contribution in [0.2, 0.25) is 0 Å². The van der Waals surface area contributed by atoms with E-state index in [1.54, 1.807) is 30.6 Å². The number of aromatic nitrogens is 2. The molecular weight excluding hydrogens is 383 g/mol. The average Bonchev–Trinajstić information content (AvgIpc) is 3.08. The molecule has 0 amide bonds. The van der Waals surface area contributed by atoms with Crippen LogP contribution in [0.25, 0.3) is 0 Å². The van der Waals surface area contributed by atoms with Gasteiger partial charge in [-0.2, -0.15) is 0 Å². The zero-order valence-electron chi connectivity index (χ0n) is 17.5. The monoisotopic (exact) mass is 412 g/mol. The molecule has 1 atom stereocenters. The Hall–Kier alpha value is -3.00. The van der Waals surface area contributed by atoms with Crippen molar-refractivity contribution in [1.29, 1.82) is 0 Å². The Balaban J connectivity index is 0.00000124. The van der Waals surface area contributed by atoms with E-state index in [0.29, 0.717) is 11.6 Å². The van der Waals surface area contributed by atoms with E-state index >= 15 is 0 Å². The van der Waals surface area contributed by atoms with E-state index in [-0.39, 0.29) is 17.3 Å². The number of nitrogens with two attached hydrogens (primary N) is 2. The van der Waals surface area contributed by atoms with Crippen LogP contribution in [0.4, 0.5) is 10.2 Å². The Labute approximate surface area is 176 Å². The minimum atomic E-state index is -0.310. The van der Waals surface area contributed by atoms with Gasteiger partial charge in [0.05, 0.1) is 24.1 Å². The van der Waals surface area contributed by atoms with E-state index in [9.17, 15) is 4.39 Å². The van der Waals surface area contributed by atoms with Gasteiger partial charge in [0.2, 0.25) is 5.88 Å². The van der Waals surface area contributed by atoms with Crippen molar-refractivity contribution in [1.82, 2.24) is 9.97 Å². The number of anilines is 1. The molecule has 4 rings (SSSR count). The van der Waals surface area contributed by atoms with Crippen LogP contribution < -0.4 is 21.1 Å². The molecule has 2 aromatic rings. The van der Waals surface area contributed by atoms with E-state index in [1.807, 2.05) is 13.8 Å². The summed E-state index contributed by atoms with van der Waals surface area (Å²) in [5.74, 6) is 1.38. The molecule has 4 N–H and O–H groups in total. The second-order valence-electron chi connectivity index (χ2n) is 7.20. The lowest BCUT2D eigenvalue weighted by Gasteiger charge is -2.41. The van der Waals surface area contributed by atoms with Gasteiger partial charge in [0.15, 0.2) is 0 Å². The highest BCUT2D eigenvalue weighted by atomic mass is 19.1. The van der Waals surface area contributed by atoms with Gasteiger partial charge in [-0.05, 0) is 49.4 Å². The van der Waals surface area contributed by atoms with Gasteiger partial charge in [-0.15, -0.1) is 0 Å². The third kappa shape index (κ3) is 4.59. The fraction of sp³-hybridized carbons (Fsp3) is 0.409. The van der Waals surface area contributed by atoms with E-state index in [0.717, 1.165) is 44.0 Å². The largest absolute Gasteiger partial charge is 0.438 e. The van der Waals surface area contributed by atoms with Crippen molar-refractivity contribution >= 4 is 11.5 Å². The average molecular weight is 413 g/mol. The normalized spacial score (nSPS) is 20.1. The van der Waals surface area contributed by atoms with Gasteiger partial charge in [0.1, 0.15) is 17.4 Å². The van der Waals surface area contributed by atoms with Gasteiger partial charge >= 0.3 is 0 Å². The summed E-state index contributed by atoms with van der Waals surface area (Å²) in [7, 11) is 0. The molecule has 160 valence electrons. The summed E-state index contributed by atoms with van der Waals surface area (Å²) in [4.78, 5) is 15.6. The molecule has 1 spiro atoms. The number of piperidine rings is 1. The Morgan fingerprint density at radius 3 is 2.43 bits per heavy atom. The molecule has 8 heteroatoms. The van der Waals surface area contributed by atoms with Gasteiger partial charge < -0.3 is 21.1 Å². The van der Waals surface area contributed by atoms with Crippen molar-refractivity contribution in [3.63, 3.8) is 0 Å². The first kappa shape index (κ1) is 21.7. The highest BCUT2D eigenvalue weighted by Crippen LogP contribution is 2.39. The predicted octanol–water partition coefficient (Wildman–Crippen LogP) is 3.28. The van der Waals surface area contributed by atoms with Crippen LogP contribution in [0.3, 0.4) is 0 Å². The third-order valence-electron chi connectivity index (χ3n) is 5.56. The molecule has 30 heavy (non-hydrogen) atoms. The van der Waals surface area contributed by atoms with Crippen molar-refractivity contribution in [2.75, 3.05) is 24.5 Å². The second-order valence-corrected chi connectivity index (χ2v) is 7.20. The maximum atomic E-state index is 13.0. The van der Waals surface area contributed by atoms with Crippen molar-refractivity contribution in [3.05, 3.63) is 54.8 Å². The standard InChI is InChI=1S/C20H23FN6O.C2H6/c21-14-1-3-15(4-2-14)28-18-12-24-17(11-25-18)27-9-6-20(7-10-27)13-26-16(5-8-22)19(20)23;1-2/h1-5,8,11-12,19H,6-7,9-10,13,22-23H2;1-2H3/b8-5-;. The molecular formula is C22H29FN6O. The lowest BCUT2D eigenvalue weighted by Crippen LogP contribution is -2.51. The maximum absolute atomic E-state index is 13.0. The molecule has 1 saturated heterocycles. The van der Waals surface area contributed by atoms with E-state index in [4.69, 9.17) is 16.2 Å². The molecule has 1 fully saturated rings. The number of halogens is 1. The van der Waals surface area contributed by atoms with Crippen LogP contribution in [0.5, 0.6) is 11.6 Å². The van der Waals surface area contributed by atoms with Crippen LogP contribution in [0, 0.1) is 11.2 Å². The first-order chi connectivity index (χ1) is 14.6. The van der Waals surface area contributed by atoms with Crippen molar-refractivity contribution in [2.45, 2.75) is 32.7 Å². The van der Waals surface area contributed by atoms with E-state index in [2.05, 4.69) is 19.9 Å². The molecule has 0 bridgehead atoms. The minimum Gasteiger partial charge on any atom is -0.438 e. The summed E-state index contributed by atoms with van der Waals surface area (Å²) in [5, 5.41) is 0. The molecule has 1 aromatic heterocycles. The predicted molar refractivity (Wildman–Crippen MR) is 117 cm³/mol. The number of hydrogen-bond acceptors (Lipinski definition) is 7. The van der Waals surface area contributed by atoms with Gasteiger partial charge in [0, 0.05) is 25.0 Å². The maximum Gasteiger partial charge on any atom is 0.237 e. The van der Waals surface area contributed by atoms with Gasteiger partial charge in [-0.1, -0.05) is 13.8 Å². The third-order valence-corrected chi connectivity index (χ3v) is 5.56.